The molecule has 54 valence electrons. The van der Waals surface area contributed by atoms with Crippen LogP contribution in [0.3, 0.4) is 0 Å². The highest BCUT2D eigenvalue weighted by molar-refractivity contribution is 5.78. The van der Waals surface area contributed by atoms with Crippen LogP contribution in [0.4, 0.5) is 0 Å². The zero-order valence-corrected chi connectivity index (χ0v) is 6.39. The Morgan fingerprint density at radius 3 is 2.00 bits per heavy atom. The molecule has 2 nitrogen and oxygen atoms in total. The van der Waals surface area contributed by atoms with Crippen molar-refractivity contribution in [3.63, 3.8) is 0 Å². The van der Waals surface area contributed by atoms with E-state index in [4.69, 9.17) is 4.42 Å². The van der Waals surface area contributed by atoms with E-state index < -0.39 is 0 Å². The van der Waals surface area contributed by atoms with Crippen LogP contribution in [-0.2, 0) is 0 Å². The standard InChI is InChI=1S/C8H10O2/c1-5-6(2)10-7(3)8(5)4-9/h4H,1-3H3. The third-order valence-corrected chi connectivity index (χ3v) is 1.74. The monoisotopic (exact) mass is 138 g/mol. The predicted molar refractivity (Wildman–Crippen MR) is 38.3 cm³/mol. The number of rotatable bonds is 1. The summed E-state index contributed by atoms with van der Waals surface area (Å²) in [5.74, 6) is 1.55. The molecule has 0 aromatic carbocycles. The molecule has 2 heteroatoms. The minimum absolute atomic E-state index is 0.692. The van der Waals surface area contributed by atoms with Gasteiger partial charge in [0.15, 0.2) is 6.29 Å². The molecular formula is C8H10O2. The van der Waals surface area contributed by atoms with Crippen molar-refractivity contribution in [3.8, 4) is 0 Å². The lowest BCUT2D eigenvalue weighted by Gasteiger charge is -1.84. The number of carbonyl (C=O) groups is 1. The summed E-state index contributed by atoms with van der Waals surface area (Å²) in [4.78, 5) is 10.4. The first kappa shape index (κ1) is 7.06. The SMILES string of the molecule is Cc1oc(C)c(C=O)c1C. The third-order valence-electron chi connectivity index (χ3n) is 1.74. The van der Waals surface area contributed by atoms with Gasteiger partial charge in [0.05, 0.1) is 5.56 Å². The Balaban J connectivity index is 3.33. The normalized spacial score (nSPS) is 9.90. The smallest absolute Gasteiger partial charge is 0.153 e. The molecule has 0 aliphatic carbocycles. The van der Waals surface area contributed by atoms with Gasteiger partial charge >= 0.3 is 0 Å². The van der Waals surface area contributed by atoms with E-state index in [9.17, 15) is 4.79 Å². The van der Waals surface area contributed by atoms with Crippen molar-refractivity contribution in [2.24, 2.45) is 0 Å². The van der Waals surface area contributed by atoms with E-state index in [0.717, 1.165) is 17.6 Å². The molecule has 0 aliphatic heterocycles. The molecule has 0 N–H and O–H groups in total. The Labute approximate surface area is 59.8 Å². The van der Waals surface area contributed by atoms with Gasteiger partial charge in [0.1, 0.15) is 11.5 Å². The van der Waals surface area contributed by atoms with Gasteiger partial charge in [0.2, 0.25) is 0 Å². The molecule has 0 radical (unpaired) electrons. The van der Waals surface area contributed by atoms with Crippen LogP contribution in [0.1, 0.15) is 27.4 Å². The Morgan fingerprint density at radius 1 is 1.20 bits per heavy atom. The second kappa shape index (κ2) is 2.29. The number of carbonyl (C=O) groups excluding carboxylic acids is 1. The highest BCUT2D eigenvalue weighted by Crippen LogP contribution is 2.17. The van der Waals surface area contributed by atoms with Crippen LogP contribution in [0.2, 0.25) is 0 Å². The fraction of sp³-hybridized carbons (Fsp3) is 0.375. The zero-order chi connectivity index (χ0) is 7.72. The van der Waals surface area contributed by atoms with Crippen molar-refractivity contribution in [2.75, 3.05) is 0 Å². The van der Waals surface area contributed by atoms with E-state index in [2.05, 4.69) is 0 Å². The van der Waals surface area contributed by atoms with Gasteiger partial charge in [-0.1, -0.05) is 0 Å². The molecule has 0 atom stereocenters. The second-order valence-electron chi connectivity index (χ2n) is 2.37. The molecule has 0 saturated heterocycles. The molecule has 1 aromatic heterocycles. The van der Waals surface area contributed by atoms with Crippen molar-refractivity contribution in [1.29, 1.82) is 0 Å². The van der Waals surface area contributed by atoms with E-state index in [0.29, 0.717) is 11.3 Å². The fourth-order valence-electron chi connectivity index (χ4n) is 0.986. The second-order valence-corrected chi connectivity index (χ2v) is 2.37. The summed E-state index contributed by atoms with van der Waals surface area (Å²) in [5.41, 5.74) is 1.64. The van der Waals surface area contributed by atoms with Crippen molar-refractivity contribution >= 4 is 6.29 Å². The van der Waals surface area contributed by atoms with Crippen LogP contribution >= 0.6 is 0 Å². The maximum Gasteiger partial charge on any atom is 0.153 e. The van der Waals surface area contributed by atoms with E-state index in [-0.39, 0.29) is 0 Å². The number of hydrogen-bond donors (Lipinski definition) is 0. The van der Waals surface area contributed by atoms with E-state index in [1.807, 2.05) is 13.8 Å². The van der Waals surface area contributed by atoms with Gasteiger partial charge in [-0.25, -0.2) is 0 Å². The molecular weight excluding hydrogens is 128 g/mol. The minimum atomic E-state index is 0.692. The maximum absolute atomic E-state index is 10.4. The van der Waals surface area contributed by atoms with Crippen LogP contribution in [-0.4, -0.2) is 6.29 Å². The molecule has 0 bridgehead atoms. The summed E-state index contributed by atoms with van der Waals surface area (Å²) in [6, 6.07) is 0. The maximum atomic E-state index is 10.4. The molecule has 1 heterocycles. The van der Waals surface area contributed by atoms with Gasteiger partial charge in [-0.3, -0.25) is 4.79 Å². The van der Waals surface area contributed by atoms with Gasteiger partial charge in [-0.2, -0.15) is 0 Å². The number of furan rings is 1. The van der Waals surface area contributed by atoms with Crippen LogP contribution in [0, 0.1) is 20.8 Å². The average Bonchev–Trinajstić information content (AvgIpc) is 2.09. The van der Waals surface area contributed by atoms with Crippen LogP contribution < -0.4 is 0 Å². The molecule has 1 aromatic rings. The number of aryl methyl sites for hydroxylation is 2. The largest absolute Gasteiger partial charge is 0.466 e. The third kappa shape index (κ3) is 0.856. The summed E-state index contributed by atoms with van der Waals surface area (Å²) >= 11 is 0. The van der Waals surface area contributed by atoms with Crippen molar-refractivity contribution in [2.45, 2.75) is 20.8 Å². The van der Waals surface area contributed by atoms with Gasteiger partial charge in [-0.05, 0) is 20.8 Å². The molecule has 0 amide bonds. The lowest BCUT2D eigenvalue weighted by Crippen LogP contribution is -1.81. The fourth-order valence-corrected chi connectivity index (χ4v) is 0.986. The highest BCUT2D eigenvalue weighted by Gasteiger charge is 2.08. The predicted octanol–water partition coefficient (Wildman–Crippen LogP) is 2.02. The van der Waals surface area contributed by atoms with Crippen molar-refractivity contribution < 1.29 is 9.21 Å². The Hall–Kier alpha value is -1.05. The molecule has 0 fully saturated rings. The highest BCUT2D eigenvalue weighted by atomic mass is 16.3. The molecule has 1 rings (SSSR count). The Bertz CT molecular complexity index is 258. The van der Waals surface area contributed by atoms with E-state index >= 15 is 0 Å². The molecule has 10 heavy (non-hydrogen) atoms. The quantitative estimate of drug-likeness (QED) is 0.556. The van der Waals surface area contributed by atoms with Crippen LogP contribution in [0.25, 0.3) is 0 Å². The van der Waals surface area contributed by atoms with E-state index in [1.165, 1.54) is 0 Å². The summed E-state index contributed by atoms with van der Waals surface area (Å²) in [5, 5.41) is 0. The summed E-state index contributed by atoms with van der Waals surface area (Å²) in [7, 11) is 0. The first-order valence-electron chi connectivity index (χ1n) is 3.18. The van der Waals surface area contributed by atoms with Gasteiger partial charge < -0.3 is 4.42 Å². The summed E-state index contributed by atoms with van der Waals surface area (Å²) in [6.45, 7) is 5.54. The number of aldehydes is 1. The van der Waals surface area contributed by atoms with Crippen molar-refractivity contribution in [1.82, 2.24) is 0 Å². The van der Waals surface area contributed by atoms with Crippen LogP contribution in [0.5, 0.6) is 0 Å². The molecule has 0 aliphatic rings. The van der Waals surface area contributed by atoms with Crippen LogP contribution in [0.15, 0.2) is 4.42 Å². The van der Waals surface area contributed by atoms with Gasteiger partial charge in [-0.15, -0.1) is 0 Å². The van der Waals surface area contributed by atoms with Gasteiger partial charge in [0.25, 0.3) is 0 Å². The number of hydrogen-bond acceptors (Lipinski definition) is 2. The zero-order valence-electron chi connectivity index (χ0n) is 6.39. The topological polar surface area (TPSA) is 30.2 Å². The molecule has 0 saturated carbocycles. The molecule has 0 unspecified atom stereocenters. The summed E-state index contributed by atoms with van der Waals surface area (Å²) in [6.07, 6.45) is 0.834. The Kier molecular flexibility index (Phi) is 1.62. The Morgan fingerprint density at radius 2 is 1.80 bits per heavy atom. The van der Waals surface area contributed by atoms with Gasteiger partial charge in [0, 0.05) is 5.56 Å². The minimum Gasteiger partial charge on any atom is -0.466 e. The van der Waals surface area contributed by atoms with Crippen molar-refractivity contribution in [3.05, 3.63) is 22.6 Å². The first-order valence-corrected chi connectivity index (χ1v) is 3.18. The summed E-state index contributed by atoms with van der Waals surface area (Å²) < 4.78 is 5.20. The molecule has 0 spiro atoms. The van der Waals surface area contributed by atoms with E-state index in [1.54, 1.807) is 6.92 Å². The first-order chi connectivity index (χ1) is 4.66. The lowest BCUT2D eigenvalue weighted by atomic mass is 10.1. The average molecular weight is 138 g/mol. The lowest BCUT2D eigenvalue weighted by molar-refractivity contribution is 0.112.